The van der Waals surface area contributed by atoms with E-state index in [9.17, 15) is 0 Å². The van der Waals surface area contributed by atoms with E-state index >= 15 is 0 Å². The van der Waals surface area contributed by atoms with Crippen molar-refractivity contribution < 1.29 is 9.47 Å². The van der Waals surface area contributed by atoms with Crippen molar-refractivity contribution in [1.29, 1.82) is 0 Å². The fourth-order valence-electron chi connectivity index (χ4n) is 4.71. The Bertz CT molecular complexity index is 1040. The van der Waals surface area contributed by atoms with Crippen molar-refractivity contribution in [3.8, 4) is 11.5 Å². The fourth-order valence-corrected chi connectivity index (χ4v) is 4.71. The summed E-state index contributed by atoms with van der Waals surface area (Å²) < 4.78 is 12.2. The van der Waals surface area contributed by atoms with Gasteiger partial charge in [0.25, 0.3) is 0 Å². The molecule has 1 heterocycles. The number of hydrogen-bond acceptors (Lipinski definition) is 4. The van der Waals surface area contributed by atoms with Crippen LogP contribution in [0.1, 0.15) is 49.0 Å². The Kier molecular flexibility index (Phi) is 8.12. The molecule has 0 bridgehead atoms. The SMILES string of the molecule is COc1ccccc1N1CCN(CCC(Oc2cc(C)cc(C(C)C)c2)c2ccccc2)CC1. The minimum absolute atomic E-state index is 0.0373. The summed E-state index contributed by atoms with van der Waals surface area (Å²) >= 11 is 0. The van der Waals surface area contributed by atoms with Crippen LogP contribution < -0.4 is 14.4 Å². The molecule has 0 aliphatic carbocycles. The second kappa shape index (κ2) is 11.4. The molecular formula is C30H38N2O2. The first kappa shape index (κ1) is 24.2. The largest absolute Gasteiger partial charge is 0.495 e. The normalized spacial score (nSPS) is 15.4. The van der Waals surface area contributed by atoms with Crippen molar-refractivity contribution in [3.05, 3.63) is 89.5 Å². The van der Waals surface area contributed by atoms with E-state index < -0.39 is 0 Å². The number of piperazine rings is 1. The van der Waals surface area contributed by atoms with E-state index in [1.54, 1.807) is 7.11 Å². The smallest absolute Gasteiger partial charge is 0.142 e. The first-order chi connectivity index (χ1) is 16.5. The fraction of sp³-hybridized carbons (Fsp3) is 0.400. The molecular weight excluding hydrogens is 420 g/mol. The van der Waals surface area contributed by atoms with Gasteiger partial charge in [0.05, 0.1) is 12.8 Å². The molecule has 1 aliphatic heterocycles. The van der Waals surface area contributed by atoms with E-state index in [4.69, 9.17) is 9.47 Å². The first-order valence-corrected chi connectivity index (χ1v) is 12.5. The molecule has 0 spiro atoms. The Morgan fingerprint density at radius 3 is 2.24 bits per heavy atom. The van der Waals surface area contributed by atoms with Crippen molar-refractivity contribution in [2.24, 2.45) is 0 Å². The van der Waals surface area contributed by atoms with Crippen LogP contribution in [0.25, 0.3) is 0 Å². The molecule has 180 valence electrons. The Morgan fingerprint density at radius 2 is 1.53 bits per heavy atom. The summed E-state index contributed by atoms with van der Waals surface area (Å²) in [5, 5.41) is 0. The minimum atomic E-state index is 0.0373. The lowest BCUT2D eigenvalue weighted by Gasteiger charge is -2.37. The summed E-state index contributed by atoms with van der Waals surface area (Å²) in [6.45, 7) is 11.7. The monoisotopic (exact) mass is 458 g/mol. The predicted molar refractivity (Wildman–Crippen MR) is 141 cm³/mol. The number of ether oxygens (including phenoxy) is 2. The summed E-state index contributed by atoms with van der Waals surface area (Å²) in [6, 6.07) is 25.6. The van der Waals surface area contributed by atoms with Crippen molar-refractivity contribution in [3.63, 3.8) is 0 Å². The average Bonchev–Trinajstić information content (AvgIpc) is 2.87. The molecule has 1 unspecified atom stereocenters. The number of nitrogens with zero attached hydrogens (tertiary/aromatic N) is 2. The Labute approximate surface area is 205 Å². The predicted octanol–water partition coefficient (Wildman–Crippen LogP) is 6.46. The maximum Gasteiger partial charge on any atom is 0.142 e. The average molecular weight is 459 g/mol. The highest BCUT2D eigenvalue weighted by atomic mass is 16.5. The van der Waals surface area contributed by atoms with Crippen LogP contribution in [0.15, 0.2) is 72.8 Å². The molecule has 1 atom stereocenters. The summed E-state index contributed by atoms with van der Waals surface area (Å²) in [5.41, 5.74) is 5.01. The summed E-state index contributed by atoms with van der Waals surface area (Å²) in [5.74, 6) is 2.41. The van der Waals surface area contributed by atoms with Gasteiger partial charge in [0.2, 0.25) is 0 Å². The van der Waals surface area contributed by atoms with Crippen LogP contribution in [0.5, 0.6) is 11.5 Å². The van der Waals surface area contributed by atoms with Crippen LogP contribution in [-0.4, -0.2) is 44.7 Å². The second-order valence-corrected chi connectivity index (χ2v) is 9.54. The highest BCUT2D eigenvalue weighted by Gasteiger charge is 2.22. The quantitative estimate of drug-likeness (QED) is 0.367. The first-order valence-electron chi connectivity index (χ1n) is 12.5. The molecule has 0 aromatic heterocycles. The number of rotatable bonds is 9. The van der Waals surface area contributed by atoms with Crippen molar-refractivity contribution >= 4 is 5.69 Å². The van der Waals surface area contributed by atoms with E-state index in [1.807, 2.05) is 12.1 Å². The van der Waals surface area contributed by atoms with Gasteiger partial charge < -0.3 is 14.4 Å². The van der Waals surface area contributed by atoms with Crippen molar-refractivity contribution in [2.45, 2.75) is 39.2 Å². The van der Waals surface area contributed by atoms with Gasteiger partial charge in [-0.2, -0.15) is 0 Å². The number of hydrogen-bond donors (Lipinski definition) is 0. The van der Waals surface area contributed by atoms with Gasteiger partial charge in [-0.1, -0.05) is 62.4 Å². The maximum absolute atomic E-state index is 6.63. The number of aryl methyl sites for hydroxylation is 1. The molecule has 4 rings (SSSR count). The van der Waals surface area contributed by atoms with Gasteiger partial charge in [0.1, 0.15) is 17.6 Å². The second-order valence-electron chi connectivity index (χ2n) is 9.54. The maximum atomic E-state index is 6.63. The van der Waals surface area contributed by atoms with Gasteiger partial charge in [-0.3, -0.25) is 4.90 Å². The van der Waals surface area contributed by atoms with Crippen molar-refractivity contribution in [2.75, 3.05) is 44.7 Å². The van der Waals surface area contributed by atoms with Gasteiger partial charge in [-0.25, -0.2) is 0 Å². The number of benzene rings is 3. The highest BCUT2D eigenvalue weighted by Crippen LogP contribution is 2.30. The summed E-state index contributed by atoms with van der Waals surface area (Å²) in [4.78, 5) is 4.99. The summed E-state index contributed by atoms with van der Waals surface area (Å²) in [6.07, 6.45) is 0.999. The van der Waals surface area contributed by atoms with Crippen molar-refractivity contribution in [1.82, 2.24) is 4.90 Å². The minimum Gasteiger partial charge on any atom is -0.495 e. The van der Waals surface area contributed by atoms with Crippen LogP contribution in [0.2, 0.25) is 0 Å². The molecule has 0 amide bonds. The van der Waals surface area contributed by atoms with Crippen LogP contribution in [0.4, 0.5) is 5.69 Å². The molecule has 0 saturated carbocycles. The van der Waals surface area contributed by atoms with E-state index in [0.717, 1.165) is 50.6 Å². The highest BCUT2D eigenvalue weighted by molar-refractivity contribution is 5.58. The molecule has 0 radical (unpaired) electrons. The molecule has 3 aromatic carbocycles. The van der Waals surface area contributed by atoms with Gasteiger partial charge in [-0.15, -0.1) is 0 Å². The third-order valence-electron chi connectivity index (χ3n) is 6.70. The number of anilines is 1. The zero-order valence-corrected chi connectivity index (χ0v) is 21.0. The molecule has 34 heavy (non-hydrogen) atoms. The van der Waals surface area contributed by atoms with Gasteiger partial charge in [0.15, 0.2) is 0 Å². The van der Waals surface area contributed by atoms with Gasteiger partial charge >= 0.3 is 0 Å². The van der Waals surface area contributed by atoms with Crippen LogP contribution in [0, 0.1) is 6.92 Å². The Hall–Kier alpha value is -2.98. The van der Waals surface area contributed by atoms with Crippen LogP contribution >= 0.6 is 0 Å². The molecule has 4 nitrogen and oxygen atoms in total. The van der Waals surface area contributed by atoms with Crippen LogP contribution in [0.3, 0.4) is 0 Å². The van der Waals surface area contributed by atoms with E-state index in [0.29, 0.717) is 5.92 Å². The molecule has 1 aliphatic rings. The molecule has 1 saturated heterocycles. The topological polar surface area (TPSA) is 24.9 Å². The molecule has 1 fully saturated rings. The zero-order chi connectivity index (χ0) is 23.9. The number of methoxy groups -OCH3 is 1. The lowest BCUT2D eigenvalue weighted by Crippen LogP contribution is -2.47. The van der Waals surface area contributed by atoms with Gasteiger partial charge in [-0.05, 0) is 53.8 Å². The lowest BCUT2D eigenvalue weighted by atomic mass is 10.0. The lowest BCUT2D eigenvalue weighted by molar-refractivity contribution is 0.160. The summed E-state index contributed by atoms with van der Waals surface area (Å²) in [7, 11) is 1.75. The number of para-hydroxylation sites is 2. The molecule has 3 aromatic rings. The third-order valence-corrected chi connectivity index (χ3v) is 6.70. The Morgan fingerprint density at radius 1 is 0.824 bits per heavy atom. The van der Waals surface area contributed by atoms with E-state index in [2.05, 4.69) is 91.2 Å². The third kappa shape index (κ3) is 6.12. The standard InChI is InChI=1S/C30H38N2O2/c1-23(2)26-20-24(3)21-27(22-26)34-29(25-10-6-5-7-11-25)14-15-31-16-18-32(19-17-31)28-12-8-9-13-30(28)33-4/h5-13,20-23,29H,14-19H2,1-4H3. The Balaban J connectivity index is 1.40. The molecule has 4 heteroatoms. The van der Waals surface area contributed by atoms with Crippen LogP contribution in [-0.2, 0) is 0 Å². The molecule has 0 N–H and O–H groups in total. The van der Waals surface area contributed by atoms with E-state index in [-0.39, 0.29) is 6.10 Å². The van der Waals surface area contributed by atoms with Gasteiger partial charge in [0, 0.05) is 39.1 Å². The zero-order valence-electron chi connectivity index (χ0n) is 21.0. The van der Waals surface area contributed by atoms with E-state index in [1.165, 1.54) is 22.4 Å².